The van der Waals surface area contributed by atoms with Gasteiger partial charge in [0.05, 0.1) is 7.85 Å². The number of rotatable bonds is 8. The second-order valence-electron chi connectivity index (χ2n) is 4.10. The highest BCUT2D eigenvalue weighted by Gasteiger charge is 2.58. The molecule has 0 heterocycles. The van der Waals surface area contributed by atoms with E-state index in [1.807, 2.05) is 0 Å². The van der Waals surface area contributed by atoms with Gasteiger partial charge in [-0.3, -0.25) is 4.79 Å². The van der Waals surface area contributed by atoms with Gasteiger partial charge in [-0.25, -0.2) is 0 Å². The maximum absolute atomic E-state index is 11.0. The molecule has 0 aliphatic heterocycles. The van der Waals surface area contributed by atoms with Crippen LogP contribution in [0.3, 0.4) is 0 Å². The monoisotopic (exact) mass is 207 g/mol. The van der Waals surface area contributed by atoms with Crippen molar-refractivity contribution in [1.29, 1.82) is 0 Å². The minimum atomic E-state index is -0.758. The fraction of sp³-hybridized carbons (Fsp3) is 0.727. The van der Waals surface area contributed by atoms with Crippen molar-refractivity contribution in [2.75, 3.05) is 6.54 Å². The molecule has 0 amide bonds. The zero-order chi connectivity index (χ0) is 11.3. The summed E-state index contributed by atoms with van der Waals surface area (Å²) in [5.74, 6) is -0.671. The van der Waals surface area contributed by atoms with E-state index in [2.05, 4.69) is 11.9 Å². The molecule has 1 rings (SSSR count). The van der Waals surface area contributed by atoms with Crippen molar-refractivity contribution in [2.24, 2.45) is 5.92 Å². The summed E-state index contributed by atoms with van der Waals surface area (Å²) in [5, 5.41) is 12.2. The van der Waals surface area contributed by atoms with Gasteiger partial charge in [0.25, 0.3) is 0 Å². The molecule has 2 atom stereocenters. The summed E-state index contributed by atoms with van der Waals surface area (Å²) in [6.07, 6.45) is 6.14. The summed E-state index contributed by atoms with van der Waals surface area (Å²) >= 11 is 0. The van der Waals surface area contributed by atoms with E-state index in [1.54, 1.807) is 6.08 Å². The lowest BCUT2D eigenvalue weighted by atomic mass is 9.99. The fourth-order valence-electron chi connectivity index (χ4n) is 1.85. The molecule has 1 fully saturated rings. The average molecular weight is 207 g/mol. The fourth-order valence-corrected chi connectivity index (χ4v) is 1.85. The molecule has 3 nitrogen and oxygen atoms in total. The number of nitrogens with one attached hydrogen (secondary N) is 1. The third-order valence-corrected chi connectivity index (χ3v) is 3.00. The molecule has 1 aliphatic rings. The molecule has 0 spiro atoms. The van der Waals surface area contributed by atoms with Gasteiger partial charge in [0.15, 0.2) is 0 Å². The number of unbranched alkanes of at least 4 members (excludes halogenated alkanes) is 2. The molecule has 0 aromatic rings. The normalized spacial score (nSPS) is 28.7. The van der Waals surface area contributed by atoms with Crippen LogP contribution in [0.4, 0.5) is 0 Å². The summed E-state index contributed by atoms with van der Waals surface area (Å²) in [7, 11) is 5.37. The van der Waals surface area contributed by atoms with Gasteiger partial charge in [-0.15, -0.1) is 6.58 Å². The van der Waals surface area contributed by atoms with Gasteiger partial charge < -0.3 is 10.4 Å². The van der Waals surface area contributed by atoms with Gasteiger partial charge in [0.1, 0.15) is 5.54 Å². The molecule has 0 aromatic heterocycles. The van der Waals surface area contributed by atoms with Crippen LogP contribution >= 0.6 is 0 Å². The summed E-state index contributed by atoms with van der Waals surface area (Å²) in [6.45, 7) is 4.38. The molecule has 0 bridgehead atoms. The molecule has 0 saturated heterocycles. The smallest absolute Gasteiger partial charge is 0.324 e. The second-order valence-corrected chi connectivity index (χ2v) is 4.10. The van der Waals surface area contributed by atoms with Crippen LogP contribution in [0, 0.1) is 5.92 Å². The van der Waals surface area contributed by atoms with Gasteiger partial charge in [-0.05, 0) is 19.4 Å². The molecule has 82 valence electrons. The lowest BCUT2D eigenvalue weighted by Gasteiger charge is -2.13. The van der Waals surface area contributed by atoms with Crippen LogP contribution in [0.25, 0.3) is 0 Å². The summed E-state index contributed by atoms with van der Waals surface area (Å²) < 4.78 is 0. The maximum atomic E-state index is 11.0. The van der Waals surface area contributed by atoms with Gasteiger partial charge in [0, 0.05) is 5.92 Å². The largest absolute Gasteiger partial charge is 0.480 e. The Morgan fingerprint density at radius 1 is 1.60 bits per heavy atom. The minimum absolute atomic E-state index is 0.0875. The first-order valence-corrected chi connectivity index (χ1v) is 5.48. The molecule has 1 aliphatic carbocycles. The van der Waals surface area contributed by atoms with E-state index in [0.29, 0.717) is 12.7 Å². The Hall–Kier alpha value is -0.765. The summed E-state index contributed by atoms with van der Waals surface area (Å²) in [5.41, 5.74) is -0.718. The highest BCUT2D eigenvalue weighted by molar-refractivity contribution is 6.08. The third-order valence-electron chi connectivity index (χ3n) is 3.00. The first kappa shape index (κ1) is 12.3. The van der Waals surface area contributed by atoms with Gasteiger partial charge in [-0.1, -0.05) is 25.2 Å². The highest BCUT2D eigenvalue weighted by atomic mass is 16.4. The predicted octanol–water partition coefficient (Wildman–Crippen LogP) is 1.36. The van der Waals surface area contributed by atoms with Crippen LogP contribution < -0.4 is 5.32 Å². The lowest BCUT2D eigenvalue weighted by molar-refractivity contribution is -0.141. The quantitative estimate of drug-likeness (QED) is 0.359. The van der Waals surface area contributed by atoms with E-state index in [1.165, 1.54) is 0 Å². The Kier molecular flexibility index (Phi) is 4.39. The molecular formula is C11H18BNO2. The number of aliphatic carboxylic acids is 1. The Morgan fingerprint density at radius 2 is 2.33 bits per heavy atom. The van der Waals surface area contributed by atoms with Crippen molar-refractivity contribution >= 4 is 13.8 Å². The van der Waals surface area contributed by atoms with Crippen molar-refractivity contribution in [2.45, 2.75) is 37.5 Å². The SMILES string of the molecule is [B]CCCCCNC1(C(=O)O)CC1C=C. The van der Waals surface area contributed by atoms with Crippen LogP contribution in [-0.2, 0) is 4.79 Å². The topological polar surface area (TPSA) is 49.3 Å². The van der Waals surface area contributed by atoms with Crippen LogP contribution in [0.1, 0.15) is 25.7 Å². The van der Waals surface area contributed by atoms with Crippen molar-refractivity contribution in [3.63, 3.8) is 0 Å². The van der Waals surface area contributed by atoms with Crippen LogP contribution in [-0.4, -0.2) is 31.0 Å². The Labute approximate surface area is 92.4 Å². The molecular weight excluding hydrogens is 189 g/mol. The van der Waals surface area contributed by atoms with Crippen molar-refractivity contribution in [1.82, 2.24) is 5.32 Å². The van der Waals surface area contributed by atoms with Gasteiger partial charge in [-0.2, -0.15) is 0 Å². The van der Waals surface area contributed by atoms with E-state index >= 15 is 0 Å². The van der Waals surface area contributed by atoms with E-state index in [-0.39, 0.29) is 5.92 Å². The van der Waals surface area contributed by atoms with E-state index < -0.39 is 11.5 Å². The molecule has 2 unspecified atom stereocenters. The lowest BCUT2D eigenvalue weighted by Crippen LogP contribution is -2.41. The van der Waals surface area contributed by atoms with Crippen LogP contribution in [0.5, 0.6) is 0 Å². The predicted molar refractivity (Wildman–Crippen MR) is 61.1 cm³/mol. The van der Waals surface area contributed by atoms with Crippen LogP contribution in [0.2, 0.25) is 6.32 Å². The number of carboxylic acid groups (broad SMARTS) is 1. The molecule has 2 radical (unpaired) electrons. The number of hydrogen-bond donors (Lipinski definition) is 2. The standard InChI is InChI=1S/C11H18BNO2/c1-2-9-8-11(9,10(14)15)13-7-5-3-4-6-12/h2,9,13H,1,3-8H2,(H,14,15). The summed E-state index contributed by atoms with van der Waals surface area (Å²) in [6, 6.07) is 0. The van der Waals surface area contributed by atoms with Crippen molar-refractivity contribution < 1.29 is 9.90 Å². The summed E-state index contributed by atoms with van der Waals surface area (Å²) in [4.78, 5) is 11.0. The Morgan fingerprint density at radius 3 is 2.80 bits per heavy atom. The number of carboxylic acids is 1. The maximum Gasteiger partial charge on any atom is 0.324 e. The molecule has 0 aromatic carbocycles. The first-order chi connectivity index (χ1) is 7.17. The van der Waals surface area contributed by atoms with E-state index in [4.69, 9.17) is 13.0 Å². The zero-order valence-electron chi connectivity index (χ0n) is 9.04. The zero-order valence-corrected chi connectivity index (χ0v) is 9.04. The number of hydrogen-bond acceptors (Lipinski definition) is 2. The highest BCUT2D eigenvalue weighted by Crippen LogP contribution is 2.44. The number of carbonyl (C=O) groups is 1. The molecule has 15 heavy (non-hydrogen) atoms. The first-order valence-electron chi connectivity index (χ1n) is 5.48. The van der Waals surface area contributed by atoms with Crippen molar-refractivity contribution in [3.8, 4) is 0 Å². The Bertz CT molecular complexity index is 245. The third kappa shape index (κ3) is 2.84. The van der Waals surface area contributed by atoms with Gasteiger partial charge in [0.2, 0.25) is 0 Å². The Balaban J connectivity index is 2.24. The molecule has 1 saturated carbocycles. The van der Waals surface area contributed by atoms with Gasteiger partial charge >= 0.3 is 5.97 Å². The van der Waals surface area contributed by atoms with E-state index in [0.717, 1.165) is 25.8 Å². The minimum Gasteiger partial charge on any atom is -0.480 e. The van der Waals surface area contributed by atoms with Crippen LogP contribution in [0.15, 0.2) is 12.7 Å². The molecule has 2 N–H and O–H groups in total. The van der Waals surface area contributed by atoms with Crippen molar-refractivity contribution in [3.05, 3.63) is 12.7 Å². The van der Waals surface area contributed by atoms with E-state index in [9.17, 15) is 4.79 Å². The average Bonchev–Trinajstić information content (AvgIpc) is 2.93. The molecule has 4 heteroatoms. The second kappa shape index (κ2) is 5.35.